The van der Waals surface area contributed by atoms with Crippen molar-refractivity contribution in [1.29, 1.82) is 5.26 Å². The molecular formula is C19H22ClN5O2. The number of aliphatic hydroxyl groups excluding tert-OH is 1. The van der Waals surface area contributed by atoms with Crippen molar-refractivity contribution in [3.05, 3.63) is 47.0 Å². The van der Waals surface area contributed by atoms with E-state index in [1.807, 2.05) is 13.0 Å². The molecule has 0 spiro atoms. The molecule has 1 fully saturated rings. The van der Waals surface area contributed by atoms with E-state index in [1.165, 1.54) is 0 Å². The fourth-order valence-electron chi connectivity index (χ4n) is 3.38. The Morgan fingerprint density at radius 2 is 2.22 bits per heavy atom. The summed E-state index contributed by atoms with van der Waals surface area (Å²) in [7, 11) is 0. The van der Waals surface area contributed by atoms with Crippen molar-refractivity contribution in [2.75, 3.05) is 18.4 Å². The Bertz CT molecular complexity index is 825. The molecule has 0 aliphatic carbocycles. The molecule has 142 valence electrons. The van der Waals surface area contributed by atoms with E-state index < -0.39 is 6.10 Å². The van der Waals surface area contributed by atoms with Crippen molar-refractivity contribution in [1.82, 2.24) is 14.9 Å². The fraction of sp³-hybridized carbons (Fsp3) is 0.421. The summed E-state index contributed by atoms with van der Waals surface area (Å²) in [5, 5.41) is 22.5. The van der Waals surface area contributed by atoms with Gasteiger partial charge in [0.05, 0.1) is 16.6 Å². The number of carbonyl (C=O) groups excluding carboxylic acids is 1. The van der Waals surface area contributed by atoms with E-state index in [-0.39, 0.29) is 17.9 Å². The van der Waals surface area contributed by atoms with Crippen LogP contribution >= 0.6 is 11.6 Å². The summed E-state index contributed by atoms with van der Waals surface area (Å²) in [5.41, 5.74) is 0.943. The number of rotatable bonds is 5. The van der Waals surface area contributed by atoms with Crippen LogP contribution in [-0.4, -0.2) is 45.0 Å². The number of piperidine rings is 1. The number of anilines is 1. The topological polar surface area (TPSA) is 105 Å². The summed E-state index contributed by atoms with van der Waals surface area (Å²) in [6.45, 7) is 3.32. The Hall–Kier alpha value is -2.40. The molecule has 1 aromatic heterocycles. The normalized spacial score (nSPS) is 17.9. The van der Waals surface area contributed by atoms with Gasteiger partial charge < -0.3 is 15.4 Å². The van der Waals surface area contributed by atoms with E-state index in [9.17, 15) is 9.90 Å². The van der Waals surface area contributed by atoms with Crippen molar-refractivity contribution < 1.29 is 9.90 Å². The number of aromatic nitrogens is 2. The van der Waals surface area contributed by atoms with Gasteiger partial charge in [0.25, 0.3) is 0 Å². The van der Waals surface area contributed by atoms with Crippen LogP contribution in [-0.2, 0) is 4.79 Å². The molecule has 8 heteroatoms. The third kappa shape index (κ3) is 4.48. The molecule has 0 unspecified atom stereocenters. The summed E-state index contributed by atoms with van der Waals surface area (Å²) >= 11 is 6.01. The molecule has 2 atom stereocenters. The molecule has 0 saturated carbocycles. The summed E-state index contributed by atoms with van der Waals surface area (Å²) < 4.78 is 0. The second kappa shape index (κ2) is 8.53. The average Bonchev–Trinajstić information content (AvgIpc) is 3.22. The van der Waals surface area contributed by atoms with Crippen LogP contribution in [0, 0.1) is 17.2 Å². The lowest BCUT2D eigenvalue weighted by molar-refractivity contribution is -0.121. The fourth-order valence-corrected chi connectivity index (χ4v) is 3.60. The van der Waals surface area contributed by atoms with Crippen LogP contribution in [0.2, 0.25) is 5.02 Å². The van der Waals surface area contributed by atoms with Crippen molar-refractivity contribution >= 4 is 23.2 Å². The smallest absolute Gasteiger partial charge is 0.241 e. The van der Waals surface area contributed by atoms with Gasteiger partial charge in [-0.05, 0) is 57.0 Å². The highest BCUT2D eigenvalue weighted by molar-refractivity contribution is 6.32. The number of H-pyrrole nitrogens is 1. The monoisotopic (exact) mass is 387 g/mol. The first kappa shape index (κ1) is 19.4. The van der Waals surface area contributed by atoms with E-state index in [0.717, 1.165) is 25.9 Å². The maximum Gasteiger partial charge on any atom is 0.241 e. The third-order valence-electron chi connectivity index (χ3n) is 5.10. The standard InChI is InChI=1S/C19H22ClN5O2/c1-12(19(27)24-15-3-2-14(11-21)16(20)10-15)25-8-4-13(5-9-25)17(26)18-22-6-7-23-18/h2-3,6-7,10,12-13,17,26H,4-5,8-9H2,1H3,(H,22,23)(H,24,27)/t12-,17-/m1/s1. The minimum absolute atomic E-state index is 0.124. The van der Waals surface area contributed by atoms with Crippen LogP contribution in [0.1, 0.15) is 37.3 Å². The number of imidazole rings is 1. The molecule has 2 heterocycles. The van der Waals surface area contributed by atoms with Crippen molar-refractivity contribution in [2.24, 2.45) is 5.92 Å². The molecule has 1 aliphatic heterocycles. The van der Waals surface area contributed by atoms with E-state index in [1.54, 1.807) is 30.6 Å². The van der Waals surface area contributed by atoms with Crippen molar-refractivity contribution in [2.45, 2.75) is 31.9 Å². The lowest BCUT2D eigenvalue weighted by Crippen LogP contribution is -2.46. The molecule has 1 aliphatic rings. The lowest BCUT2D eigenvalue weighted by Gasteiger charge is -2.36. The number of nitriles is 1. The SMILES string of the molecule is C[C@H](C(=O)Nc1ccc(C#N)c(Cl)c1)N1CCC([C@@H](O)c2ncc[nH]2)CC1. The van der Waals surface area contributed by atoms with Gasteiger partial charge in [0.1, 0.15) is 18.0 Å². The molecule has 7 nitrogen and oxygen atoms in total. The predicted octanol–water partition coefficient (Wildman–Crippen LogP) is 2.71. The van der Waals surface area contributed by atoms with Crippen LogP contribution in [0.4, 0.5) is 5.69 Å². The number of nitrogens with zero attached hydrogens (tertiary/aromatic N) is 3. The van der Waals surface area contributed by atoms with E-state index in [4.69, 9.17) is 16.9 Å². The number of benzene rings is 1. The summed E-state index contributed by atoms with van der Waals surface area (Å²) in [4.78, 5) is 21.7. The van der Waals surface area contributed by atoms with Crippen molar-refractivity contribution in [3.8, 4) is 6.07 Å². The van der Waals surface area contributed by atoms with Crippen LogP contribution in [0.25, 0.3) is 0 Å². The number of amides is 1. The number of carbonyl (C=O) groups is 1. The van der Waals surface area contributed by atoms with E-state index >= 15 is 0 Å². The Morgan fingerprint density at radius 1 is 1.48 bits per heavy atom. The maximum absolute atomic E-state index is 12.6. The molecule has 27 heavy (non-hydrogen) atoms. The molecule has 0 bridgehead atoms. The first-order valence-corrected chi connectivity index (χ1v) is 9.29. The zero-order chi connectivity index (χ0) is 19.4. The molecule has 3 rings (SSSR count). The predicted molar refractivity (Wildman–Crippen MR) is 102 cm³/mol. The highest BCUT2D eigenvalue weighted by Crippen LogP contribution is 2.30. The van der Waals surface area contributed by atoms with E-state index in [0.29, 0.717) is 22.1 Å². The molecular weight excluding hydrogens is 366 g/mol. The summed E-state index contributed by atoms with van der Waals surface area (Å²) in [6.07, 6.45) is 4.32. The molecule has 1 aromatic carbocycles. The zero-order valence-electron chi connectivity index (χ0n) is 15.0. The van der Waals surface area contributed by atoms with Crippen LogP contribution in [0.5, 0.6) is 0 Å². The Labute approximate surface area is 163 Å². The summed E-state index contributed by atoms with van der Waals surface area (Å²) in [5.74, 6) is 0.595. The Morgan fingerprint density at radius 3 is 2.81 bits per heavy atom. The number of aromatic amines is 1. The minimum atomic E-state index is -0.605. The van der Waals surface area contributed by atoms with Gasteiger partial charge in [-0.25, -0.2) is 4.98 Å². The first-order chi connectivity index (χ1) is 13.0. The molecule has 3 N–H and O–H groups in total. The van der Waals surface area contributed by atoms with Gasteiger partial charge in [0.15, 0.2) is 0 Å². The molecule has 0 radical (unpaired) electrons. The third-order valence-corrected chi connectivity index (χ3v) is 5.42. The zero-order valence-corrected chi connectivity index (χ0v) is 15.8. The Kier molecular flexibility index (Phi) is 6.11. The quantitative estimate of drug-likeness (QED) is 0.731. The summed E-state index contributed by atoms with van der Waals surface area (Å²) in [6, 6.07) is 6.52. The van der Waals surface area contributed by atoms with Crippen LogP contribution in [0.15, 0.2) is 30.6 Å². The first-order valence-electron chi connectivity index (χ1n) is 8.91. The van der Waals surface area contributed by atoms with Gasteiger partial charge in [-0.3, -0.25) is 9.69 Å². The second-order valence-electron chi connectivity index (χ2n) is 6.76. The highest BCUT2D eigenvalue weighted by atomic mass is 35.5. The van der Waals surface area contributed by atoms with Gasteiger partial charge in [-0.15, -0.1) is 0 Å². The van der Waals surface area contributed by atoms with Gasteiger partial charge in [-0.2, -0.15) is 5.26 Å². The van der Waals surface area contributed by atoms with Crippen molar-refractivity contribution in [3.63, 3.8) is 0 Å². The number of aliphatic hydroxyl groups is 1. The van der Waals surface area contributed by atoms with Gasteiger partial charge >= 0.3 is 0 Å². The van der Waals surface area contributed by atoms with Gasteiger partial charge in [0.2, 0.25) is 5.91 Å². The number of hydrogen-bond acceptors (Lipinski definition) is 5. The second-order valence-corrected chi connectivity index (χ2v) is 7.17. The van der Waals surface area contributed by atoms with Gasteiger partial charge in [-0.1, -0.05) is 11.6 Å². The maximum atomic E-state index is 12.6. The number of hydrogen-bond donors (Lipinski definition) is 3. The lowest BCUT2D eigenvalue weighted by atomic mass is 9.90. The van der Waals surface area contributed by atoms with Crippen LogP contribution < -0.4 is 5.32 Å². The molecule has 1 saturated heterocycles. The average molecular weight is 388 g/mol. The van der Waals surface area contributed by atoms with E-state index in [2.05, 4.69) is 20.2 Å². The highest BCUT2D eigenvalue weighted by Gasteiger charge is 2.31. The number of likely N-dealkylation sites (tertiary alicyclic amines) is 1. The minimum Gasteiger partial charge on any atom is -0.385 e. The number of nitrogens with one attached hydrogen (secondary N) is 2. The molecule has 1 amide bonds. The Balaban J connectivity index is 1.54. The van der Waals surface area contributed by atoms with Gasteiger partial charge in [0, 0.05) is 18.1 Å². The van der Waals surface area contributed by atoms with Crippen LogP contribution in [0.3, 0.4) is 0 Å². The molecule has 2 aromatic rings. The largest absolute Gasteiger partial charge is 0.385 e. The number of halogens is 1.